The fourth-order valence-corrected chi connectivity index (χ4v) is 2.25. The van der Waals surface area contributed by atoms with Crippen LogP contribution >= 0.6 is 0 Å². The topological polar surface area (TPSA) is 47.3 Å². The minimum absolute atomic E-state index is 0.253. The normalized spacial score (nSPS) is 19.9. The average molecular weight is 196 g/mol. The summed E-state index contributed by atoms with van der Waals surface area (Å²) in [6.07, 6.45) is 5.86. The van der Waals surface area contributed by atoms with E-state index >= 15 is 0 Å². The van der Waals surface area contributed by atoms with Crippen molar-refractivity contribution >= 4 is 0 Å². The third kappa shape index (κ3) is 4.08. The van der Waals surface area contributed by atoms with Crippen LogP contribution in [0.5, 0.6) is 0 Å². The van der Waals surface area contributed by atoms with E-state index in [1.165, 1.54) is 25.7 Å². The molecule has 1 saturated carbocycles. The fourth-order valence-electron chi connectivity index (χ4n) is 2.25. The smallest absolute Gasteiger partial charge is 0.0864 e. The summed E-state index contributed by atoms with van der Waals surface area (Å²) in [7, 11) is 1.88. The first-order valence-electron chi connectivity index (χ1n) is 5.46. The van der Waals surface area contributed by atoms with E-state index in [4.69, 9.17) is 5.26 Å². The molecule has 1 rings (SSSR count). The zero-order valence-corrected chi connectivity index (χ0v) is 8.95. The van der Waals surface area contributed by atoms with Crippen molar-refractivity contribution < 1.29 is 5.11 Å². The first kappa shape index (κ1) is 11.5. The number of aliphatic hydroxyl groups is 1. The SMILES string of the molecule is CN(CC#N)CC(O)CC1CCCC1. The quantitative estimate of drug-likeness (QED) is 0.676. The summed E-state index contributed by atoms with van der Waals surface area (Å²) < 4.78 is 0. The predicted octanol–water partition coefficient (Wildman–Crippen LogP) is 1.38. The van der Waals surface area contributed by atoms with Crippen LogP contribution in [0.4, 0.5) is 0 Å². The van der Waals surface area contributed by atoms with E-state index in [-0.39, 0.29) is 6.10 Å². The molecule has 3 heteroatoms. The van der Waals surface area contributed by atoms with Gasteiger partial charge in [-0.05, 0) is 19.4 Å². The Bertz CT molecular complexity index is 194. The van der Waals surface area contributed by atoms with Crippen molar-refractivity contribution in [3.63, 3.8) is 0 Å². The van der Waals surface area contributed by atoms with Gasteiger partial charge in [0.05, 0.1) is 18.7 Å². The predicted molar refractivity (Wildman–Crippen MR) is 55.7 cm³/mol. The first-order valence-corrected chi connectivity index (χ1v) is 5.46. The zero-order chi connectivity index (χ0) is 10.4. The number of nitrogens with zero attached hydrogens (tertiary/aromatic N) is 2. The highest BCUT2D eigenvalue weighted by atomic mass is 16.3. The molecule has 0 aromatic heterocycles. The maximum Gasteiger partial charge on any atom is 0.0864 e. The maximum atomic E-state index is 9.76. The summed E-state index contributed by atoms with van der Waals surface area (Å²) in [5.41, 5.74) is 0. The number of hydrogen-bond donors (Lipinski definition) is 1. The lowest BCUT2D eigenvalue weighted by Gasteiger charge is -2.20. The molecule has 0 spiro atoms. The van der Waals surface area contributed by atoms with Gasteiger partial charge in [-0.25, -0.2) is 0 Å². The van der Waals surface area contributed by atoms with Crippen LogP contribution < -0.4 is 0 Å². The molecule has 0 aromatic carbocycles. The molecule has 1 atom stereocenters. The molecule has 0 saturated heterocycles. The van der Waals surface area contributed by atoms with E-state index in [0.29, 0.717) is 13.1 Å². The molecule has 0 bridgehead atoms. The molecule has 1 aliphatic carbocycles. The van der Waals surface area contributed by atoms with Crippen LogP contribution in [0.15, 0.2) is 0 Å². The van der Waals surface area contributed by atoms with Crippen LogP contribution in [-0.2, 0) is 0 Å². The highest BCUT2D eigenvalue weighted by molar-refractivity contribution is 4.77. The van der Waals surface area contributed by atoms with Gasteiger partial charge in [0.15, 0.2) is 0 Å². The Morgan fingerprint density at radius 1 is 1.50 bits per heavy atom. The van der Waals surface area contributed by atoms with Crippen LogP contribution in [0.1, 0.15) is 32.1 Å². The summed E-state index contributed by atoms with van der Waals surface area (Å²) in [4.78, 5) is 1.87. The molecule has 1 fully saturated rings. The van der Waals surface area contributed by atoms with Gasteiger partial charge in [0.1, 0.15) is 0 Å². The van der Waals surface area contributed by atoms with Crippen molar-refractivity contribution in [2.75, 3.05) is 20.1 Å². The Labute approximate surface area is 86.3 Å². The van der Waals surface area contributed by atoms with Crippen molar-refractivity contribution in [2.45, 2.75) is 38.2 Å². The monoisotopic (exact) mass is 196 g/mol. The number of nitriles is 1. The molecule has 1 aliphatic rings. The lowest BCUT2D eigenvalue weighted by molar-refractivity contribution is 0.107. The third-order valence-corrected chi connectivity index (χ3v) is 2.94. The van der Waals surface area contributed by atoms with Crippen molar-refractivity contribution in [3.8, 4) is 6.07 Å². The van der Waals surface area contributed by atoms with Crippen molar-refractivity contribution in [3.05, 3.63) is 0 Å². The van der Waals surface area contributed by atoms with E-state index in [9.17, 15) is 5.11 Å². The molecule has 3 nitrogen and oxygen atoms in total. The summed E-state index contributed by atoms with van der Waals surface area (Å²) in [6.45, 7) is 1.03. The van der Waals surface area contributed by atoms with Crippen LogP contribution in [0.25, 0.3) is 0 Å². The summed E-state index contributed by atoms with van der Waals surface area (Å²) >= 11 is 0. The molecular formula is C11H20N2O. The van der Waals surface area contributed by atoms with E-state index in [1.807, 2.05) is 11.9 Å². The number of rotatable bonds is 5. The van der Waals surface area contributed by atoms with Crippen molar-refractivity contribution in [2.24, 2.45) is 5.92 Å². The fraction of sp³-hybridized carbons (Fsp3) is 0.909. The van der Waals surface area contributed by atoms with Crippen LogP contribution in [-0.4, -0.2) is 36.2 Å². The minimum atomic E-state index is -0.253. The second kappa shape index (κ2) is 6.00. The van der Waals surface area contributed by atoms with Gasteiger partial charge in [0.2, 0.25) is 0 Å². The molecule has 0 aliphatic heterocycles. The molecule has 0 aromatic rings. The largest absolute Gasteiger partial charge is 0.392 e. The van der Waals surface area contributed by atoms with Gasteiger partial charge in [0.25, 0.3) is 0 Å². The van der Waals surface area contributed by atoms with Gasteiger partial charge in [-0.3, -0.25) is 4.90 Å². The number of likely N-dealkylation sites (N-methyl/N-ethyl adjacent to an activating group) is 1. The highest BCUT2D eigenvalue weighted by Gasteiger charge is 2.19. The number of aliphatic hydroxyl groups excluding tert-OH is 1. The van der Waals surface area contributed by atoms with Crippen molar-refractivity contribution in [1.29, 1.82) is 5.26 Å². The van der Waals surface area contributed by atoms with Gasteiger partial charge < -0.3 is 5.11 Å². The Balaban J connectivity index is 2.14. The highest BCUT2D eigenvalue weighted by Crippen LogP contribution is 2.28. The van der Waals surface area contributed by atoms with Crippen LogP contribution in [0.2, 0.25) is 0 Å². The summed E-state index contributed by atoms with van der Waals surface area (Å²) in [6, 6.07) is 2.08. The standard InChI is InChI=1S/C11H20N2O/c1-13(7-6-12)9-11(14)8-10-4-2-3-5-10/h10-11,14H,2-5,7-9H2,1H3. The molecular weight excluding hydrogens is 176 g/mol. The second-order valence-electron chi connectivity index (χ2n) is 4.39. The van der Waals surface area contributed by atoms with Gasteiger partial charge in [-0.15, -0.1) is 0 Å². The molecule has 0 amide bonds. The Morgan fingerprint density at radius 2 is 2.14 bits per heavy atom. The maximum absolute atomic E-state index is 9.76. The van der Waals surface area contributed by atoms with Gasteiger partial charge in [-0.2, -0.15) is 5.26 Å². The van der Waals surface area contributed by atoms with E-state index < -0.39 is 0 Å². The van der Waals surface area contributed by atoms with E-state index in [1.54, 1.807) is 0 Å². The molecule has 0 heterocycles. The molecule has 0 radical (unpaired) electrons. The van der Waals surface area contributed by atoms with Crippen LogP contribution in [0.3, 0.4) is 0 Å². The Morgan fingerprint density at radius 3 is 2.71 bits per heavy atom. The molecule has 80 valence electrons. The summed E-state index contributed by atoms with van der Waals surface area (Å²) in [5.74, 6) is 0.723. The number of hydrogen-bond acceptors (Lipinski definition) is 3. The molecule has 14 heavy (non-hydrogen) atoms. The van der Waals surface area contributed by atoms with Crippen molar-refractivity contribution in [1.82, 2.24) is 4.90 Å². The Hall–Kier alpha value is -0.590. The van der Waals surface area contributed by atoms with Gasteiger partial charge in [0, 0.05) is 6.54 Å². The molecule has 1 unspecified atom stereocenters. The minimum Gasteiger partial charge on any atom is -0.392 e. The lowest BCUT2D eigenvalue weighted by atomic mass is 10.00. The summed E-state index contributed by atoms with van der Waals surface area (Å²) in [5, 5.41) is 18.2. The molecule has 1 N–H and O–H groups in total. The van der Waals surface area contributed by atoms with Crippen LogP contribution in [0, 0.1) is 17.2 Å². The average Bonchev–Trinajstić information content (AvgIpc) is 2.56. The Kier molecular flexibility index (Phi) is 4.92. The van der Waals surface area contributed by atoms with Gasteiger partial charge >= 0.3 is 0 Å². The first-order chi connectivity index (χ1) is 6.72. The van der Waals surface area contributed by atoms with E-state index in [2.05, 4.69) is 6.07 Å². The third-order valence-electron chi connectivity index (χ3n) is 2.94. The zero-order valence-electron chi connectivity index (χ0n) is 8.95. The lowest BCUT2D eigenvalue weighted by Crippen LogP contribution is -2.30. The van der Waals surface area contributed by atoms with Gasteiger partial charge in [-0.1, -0.05) is 25.7 Å². The second-order valence-corrected chi connectivity index (χ2v) is 4.39. The van der Waals surface area contributed by atoms with E-state index in [0.717, 1.165) is 12.3 Å².